The van der Waals surface area contributed by atoms with Gasteiger partial charge in [-0.2, -0.15) is 5.10 Å². The number of rotatable bonds is 5. The van der Waals surface area contributed by atoms with E-state index in [0.717, 1.165) is 17.4 Å². The number of fused-ring (bicyclic) bond motifs is 1. The van der Waals surface area contributed by atoms with Gasteiger partial charge in [0.15, 0.2) is 5.69 Å². The van der Waals surface area contributed by atoms with Gasteiger partial charge >= 0.3 is 0 Å². The molecule has 100 valence electrons. The van der Waals surface area contributed by atoms with Crippen molar-refractivity contribution in [3.05, 3.63) is 30.0 Å². The molecule has 1 aromatic heterocycles. The summed E-state index contributed by atoms with van der Waals surface area (Å²) in [6.45, 7) is 1.46. The van der Waals surface area contributed by atoms with E-state index in [4.69, 9.17) is 0 Å². The lowest BCUT2D eigenvalue weighted by Crippen LogP contribution is -2.33. The minimum atomic E-state index is -0.102. The lowest BCUT2D eigenvalue weighted by Gasteiger charge is -2.04. The van der Waals surface area contributed by atoms with Crippen LogP contribution in [0.3, 0.4) is 0 Å². The molecule has 0 bridgehead atoms. The summed E-state index contributed by atoms with van der Waals surface area (Å²) < 4.78 is 1.74. The molecule has 1 aliphatic rings. The molecule has 2 N–H and O–H groups in total. The zero-order valence-electron chi connectivity index (χ0n) is 11.0. The molecule has 1 amide bonds. The van der Waals surface area contributed by atoms with Crippen LogP contribution in [-0.2, 0) is 7.05 Å². The normalized spacial score (nSPS) is 14.8. The SMILES string of the molecule is Cn1nc(C(=O)NCCNC2CC2)c2ccccc21. The van der Waals surface area contributed by atoms with Crippen LogP contribution in [0.5, 0.6) is 0 Å². The van der Waals surface area contributed by atoms with Crippen molar-refractivity contribution in [1.82, 2.24) is 20.4 Å². The largest absolute Gasteiger partial charge is 0.349 e. The molecule has 0 radical (unpaired) electrons. The van der Waals surface area contributed by atoms with Gasteiger partial charge in [0.05, 0.1) is 5.52 Å². The van der Waals surface area contributed by atoms with Gasteiger partial charge in [0.2, 0.25) is 0 Å². The van der Waals surface area contributed by atoms with Crippen LogP contribution in [-0.4, -0.2) is 34.8 Å². The predicted molar refractivity (Wildman–Crippen MR) is 74.1 cm³/mol. The van der Waals surface area contributed by atoms with E-state index in [9.17, 15) is 4.79 Å². The van der Waals surface area contributed by atoms with Crippen LogP contribution >= 0.6 is 0 Å². The fraction of sp³-hybridized carbons (Fsp3) is 0.429. The third kappa shape index (κ3) is 2.61. The van der Waals surface area contributed by atoms with Crippen LogP contribution in [0.15, 0.2) is 24.3 Å². The van der Waals surface area contributed by atoms with Crippen molar-refractivity contribution in [2.24, 2.45) is 7.05 Å². The van der Waals surface area contributed by atoms with E-state index in [-0.39, 0.29) is 5.91 Å². The van der Waals surface area contributed by atoms with E-state index >= 15 is 0 Å². The average Bonchev–Trinajstić information content (AvgIpc) is 3.19. The molecule has 2 aromatic rings. The first kappa shape index (κ1) is 12.2. The maximum Gasteiger partial charge on any atom is 0.272 e. The summed E-state index contributed by atoms with van der Waals surface area (Å²) in [5, 5.41) is 11.5. The standard InChI is InChI=1S/C14H18N4O/c1-18-12-5-3-2-4-11(12)13(17-18)14(19)16-9-8-15-10-6-7-10/h2-5,10,15H,6-9H2,1H3,(H,16,19). The fourth-order valence-corrected chi connectivity index (χ4v) is 2.21. The molecule has 1 aliphatic carbocycles. The Balaban J connectivity index is 1.66. The predicted octanol–water partition coefficient (Wildman–Crippen LogP) is 1.06. The van der Waals surface area contributed by atoms with Crippen LogP contribution in [0.4, 0.5) is 0 Å². The highest BCUT2D eigenvalue weighted by Crippen LogP contribution is 2.18. The van der Waals surface area contributed by atoms with Gasteiger partial charge in [-0.05, 0) is 18.9 Å². The molecule has 0 saturated heterocycles. The minimum Gasteiger partial charge on any atom is -0.349 e. The van der Waals surface area contributed by atoms with Crippen molar-refractivity contribution in [3.63, 3.8) is 0 Å². The number of benzene rings is 1. The van der Waals surface area contributed by atoms with E-state index in [1.165, 1.54) is 12.8 Å². The topological polar surface area (TPSA) is 59.0 Å². The maximum absolute atomic E-state index is 12.1. The number of amides is 1. The number of hydrogen-bond acceptors (Lipinski definition) is 3. The smallest absolute Gasteiger partial charge is 0.272 e. The molecule has 0 unspecified atom stereocenters. The zero-order valence-corrected chi connectivity index (χ0v) is 11.0. The summed E-state index contributed by atoms with van der Waals surface area (Å²) >= 11 is 0. The Morgan fingerprint density at radius 1 is 1.37 bits per heavy atom. The Kier molecular flexibility index (Phi) is 3.21. The Hall–Kier alpha value is -1.88. The van der Waals surface area contributed by atoms with Crippen molar-refractivity contribution in [3.8, 4) is 0 Å². The third-order valence-electron chi connectivity index (χ3n) is 3.39. The fourth-order valence-electron chi connectivity index (χ4n) is 2.21. The lowest BCUT2D eigenvalue weighted by atomic mass is 10.2. The average molecular weight is 258 g/mol. The van der Waals surface area contributed by atoms with Crippen molar-refractivity contribution in [2.45, 2.75) is 18.9 Å². The highest BCUT2D eigenvalue weighted by Gasteiger charge is 2.20. The van der Waals surface area contributed by atoms with Crippen LogP contribution in [0.1, 0.15) is 23.3 Å². The molecule has 1 aromatic carbocycles. The second kappa shape index (κ2) is 5.01. The van der Waals surface area contributed by atoms with Gasteiger partial charge in [-0.3, -0.25) is 9.48 Å². The molecule has 1 saturated carbocycles. The Morgan fingerprint density at radius 2 is 2.16 bits per heavy atom. The number of hydrogen-bond donors (Lipinski definition) is 2. The highest BCUT2D eigenvalue weighted by atomic mass is 16.1. The van der Waals surface area contributed by atoms with Gasteiger partial charge in [0, 0.05) is 31.6 Å². The summed E-state index contributed by atoms with van der Waals surface area (Å²) in [7, 11) is 1.85. The second-order valence-electron chi connectivity index (χ2n) is 4.97. The quantitative estimate of drug-likeness (QED) is 0.788. The van der Waals surface area contributed by atoms with Crippen LogP contribution in [0, 0.1) is 0 Å². The summed E-state index contributed by atoms with van der Waals surface area (Å²) in [5.41, 5.74) is 1.48. The lowest BCUT2D eigenvalue weighted by molar-refractivity contribution is 0.0949. The molecule has 5 heteroatoms. The summed E-state index contributed by atoms with van der Waals surface area (Å²) in [5.74, 6) is -0.102. The summed E-state index contributed by atoms with van der Waals surface area (Å²) in [6, 6.07) is 8.45. The maximum atomic E-state index is 12.1. The molecule has 3 rings (SSSR count). The van der Waals surface area contributed by atoms with Crippen LogP contribution < -0.4 is 10.6 Å². The molecule has 1 fully saturated rings. The summed E-state index contributed by atoms with van der Waals surface area (Å²) in [6.07, 6.45) is 2.53. The van der Waals surface area contributed by atoms with Crippen LogP contribution in [0.2, 0.25) is 0 Å². The van der Waals surface area contributed by atoms with Gasteiger partial charge in [0.25, 0.3) is 5.91 Å². The number of nitrogens with zero attached hydrogens (tertiary/aromatic N) is 2. The second-order valence-corrected chi connectivity index (χ2v) is 4.97. The molecular formula is C14H18N4O. The monoisotopic (exact) mass is 258 g/mol. The Labute approximate surface area is 112 Å². The van der Waals surface area contributed by atoms with Crippen molar-refractivity contribution >= 4 is 16.8 Å². The van der Waals surface area contributed by atoms with E-state index in [1.807, 2.05) is 31.3 Å². The van der Waals surface area contributed by atoms with Gasteiger partial charge in [0.1, 0.15) is 0 Å². The van der Waals surface area contributed by atoms with Crippen LogP contribution in [0.25, 0.3) is 10.9 Å². The van der Waals surface area contributed by atoms with E-state index in [0.29, 0.717) is 18.3 Å². The number of carbonyl (C=O) groups is 1. The summed E-state index contributed by atoms with van der Waals surface area (Å²) in [4.78, 5) is 12.1. The molecule has 0 aliphatic heterocycles. The molecule has 0 spiro atoms. The van der Waals surface area contributed by atoms with Gasteiger partial charge in [-0.15, -0.1) is 0 Å². The first-order chi connectivity index (χ1) is 9.25. The van der Waals surface area contributed by atoms with E-state index < -0.39 is 0 Å². The molecule has 1 heterocycles. The minimum absolute atomic E-state index is 0.102. The molecular weight excluding hydrogens is 240 g/mol. The van der Waals surface area contributed by atoms with Crippen molar-refractivity contribution in [2.75, 3.05) is 13.1 Å². The number of aromatic nitrogens is 2. The van der Waals surface area contributed by atoms with E-state index in [1.54, 1.807) is 4.68 Å². The van der Waals surface area contributed by atoms with Crippen molar-refractivity contribution < 1.29 is 4.79 Å². The first-order valence-electron chi connectivity index (χ1n) is 6.69. The number of aryl methyl sites for hydroxylation is 1. The van der Waals surface area contributed by atoms with E-state index in [2.05, 4.69) is 15.7 Å². The Bertz CT molecular complexity index is 601. The highest BCUT2D eigenvalue weighted by molar-refractivity contribution is 6.04. The number of nitrogens with one attached hydrogen (secondary N) is 2. The van der Waals surface area contributed by atoms with Gasteiger partial charge < -0.3 is 10.6 Å². The molecule has 0 atom stereocenters. The van der Waals surface area contributed by atoms with Gasteiger partial charge in [-0.25, -0.2) is 0 Å². The molecule has 5 nitrogen and oxygen atoms in total. The zero-order chi connectivity index (χ0) is 13.2. The van der Waals surface area contributed by atoms with Crippen molar-refractivity contribution in [1.29, 1.82) is 0 Å². The Morgan fingerprint density at radius 3 is 2.95 bits per heavy atom. The van der Waals surface area contributed by atoms with Gasteiger partial charge in [-0.1, -0.05) is 18.2 Å². The number of carbonyl (C=O) groups excluding carboxylic acids is 1. The molecule has 19 heavy (non-hydrogen) atoms. The number of para-hydroxylation sites is 1. The third-order valence-corrected chi connectivity index (χ3v) is 3.39. The first-order valence-corrected chi connectivity index (χ1v) is 6.69.